The second kappa shape index (κ2) is 5.32. The maximum atomic E-state index is 12.3. The topological polar surface area (TPSA) is 39.2 Å². The Bertz CT molecular complexity index is 624. The summed E-state index contributed by atoms with van der Waals surface area (Å²) in [5.74, 6) is -0.767. The molecule has 0 aliphatic carbocycles. The minimum atomic E-state index is -4.79. The molecule has 0 radical (unpaired) electrons. The van der Waals surface area contributed by atoms with Gasteiger partial charge in [-0.2, -0.15) is 0 Å². The average Bonchev–Trinajstić information content (AvgIpc) is 2.40. The van der Waals surface area contributed by atoms with Crippen LogP contribution in [0.15, 0.2) is 42.7 Å². The lowest BCUT2D eigenvalue weighted by atomic mass is 10.0. The van der Waals surface area contributed by atoms with Crippen molar-refractivity contribution in [3.63, 3.8) is 0 Å². The first-order valence-electron chi connectivity index (χ1n) is 5.68. The number of hydrogen-bond acceptors (Lipinski definition) is 3. The molecular formula is C14H10F3NO2. The quantitative estimate of drug-likeness (QED) is 0.808. The first-order valence-corrected chi connectivity index (χ1v) is 5.68. The number of benzene rings is 1. The van der Waals surface area contributed by atoms with Crippen LogP contribution in [0.5, 0.6) is 5.75 Å². The van der Waals surface area contributed by atoms with Gasteiger partial charge in [0.2, 0.25) is 0 Å². The van der Waals surface area contributed by atoms with Gasteiger partial charge in [-0.15, -0.1) is 13.2 Å². The van der Waals surface area contributed by atoms with Crippen LogP contribution >= 0.6 is 0 Å². The van der Waals surface area contributed by atoms with E-state index in [1.165, 1.54) is 43.6 Å². The van der Waals surface area contributed by atoms with E-state index < -0.39 is 6.36 Å². The lowest BCUT2D eigenvalue weighted by Gasteiger charge is -2.12. The Kier molecular flexibility index (Phi) is 3.74. The highest BCUT2D eigenvalue weighted by Crippen LogP contribution is 2.27. The van der Waals surface area contributed by atoms with Gasteiger partial charge in [-0.1, -0.05) is 12.1 Å². The van der Waals surface area contributed by atoms with Crippen molar-refractivity contribution in [2.75, 3.05) is 0 Å². The molecule has 1 heterocycles. The molecule has 0 N–H and O–H groups in total. The second-order valence-electron chi connectivity index (χ2n) is 4.09. The smallest absolute Gasteiger partial charge is 0.405 e. The number of aromatic nitrogens is 1. The number of hydrogen-bond donors (Lipinski definition) is 0. The number of ketones is 1. The summed E-state index contributed by atoms with van der Waals surface area (Å²) in [5.41, 5.74) is 0.775. The molecule has 1 aromatic heterocycles. The molecule has 6 heteroatoms. The summed E-state index contributed by atoms with van der Waals surface area (Å²) in [7, 11) is 0. The molecule has 0 aliphatic heterocycles. The van der Waals surface area contributed by atoms with Crippen molar-refractivity contribution < 1.29 is 22.7 Å². The zero-order valence-corrected chi connectivity index (χ0v) is 10.4. The van der Waals surface area contributed by atoms with Crippen molar-refractivity contribution >= 4 is 5.78 Å². The fraction of sp³-hybridized carbons (Fsp3) is 0.143. The van der Waals surface area contributed by atoms with Gasteiger partial charge >= 0.3 is 6.36 Å². The monoisotopic (exact) mass is 281 g/mol. The third kappa shape index (κ3) is 3.34. The van der Waals surface area contributed by atoms with Crippen LogP contribution in [-0.4, -0.2) is 17.1 Å². The van der Waals surface area contributed by atoms with Gasteiger partial charge in [0.1, 0.15) is 5.75 Å². The molecule has 0 amide bonds. The van der Waals surface area contributed by atoms with E-state index in [0.29, 0.717) is 11.1 Å². The summed E-state index contributed by atoms with van der Waals surface area (Å²) in [6.45, 7) is 1.47. The van der Waals surface area contributed by atoms with E-state index in [2.05, 4.69) is 9.72 Å². The normalized spacial score (nSPS) is 11.2. The largest absolute Gasteiger partial charge is 0.573 e. The number of ether oxygens (including phenoxy) is 1. The molecule has 20 heavy (non-hydrogen) atoms. The Morgan fingerprint density at radius 3 is 2.35 bits per heavy atom. The summed E-state index contributed by atoms with van der Waals surface area (Å²) in [5, 5.41) is 0. The summed E-state index contributed by atoms with van der Waals surface area (Å²) >= 11 is 0. The molecule has 2 aromatic rings. The molecule has 0 aliphatic rings. The van der Waals surface area contributed by atoms with E-state index in [4.69, 9.17) is 0 Å². The van der Waals surface area contributed by atoms with Crippen LogP contribution in [0, 0.1) is 6.92 Å². The summed E-state index contributed by atoms with van der Waals surface area (Å²) in [6.07, 6.45) is -1.91. The summed E-state index contributed by atoms with van der Waals surface area (Å²) in [4.78, 5) is 15.9. The Morgan fingerprint density at radius 1 is 1.10 bits per heavy atom. The predicted octanol–water partition coefficient (Wildman–Crippen LogP) is 3.52. The van der Waals surface area contributed by atoms with Gasteiger partial charge in [0.25, 0.3) is 0 Å². The van der Waals surface area contributed by atoms with E-state index in [9.17, 15) is 18.0 Å². The van der Waals surface area contributed by atoms with Gasteiger partial charge in [-0.3, -0.25) is 9.78 Å². The van der Waals surface area contributed by atoms with Gasteiger partial charge in [-0.05, 0) is 30.7 Å². The van der Waals surface area contributed by atoms with E-state index in [-0.39, 0.29) is 17.1 Å². The summed E-state index contributed by atoms with van der Waals surface area (Å²) < 4.78 is 40.7. The van der Waals surface area contributed by atoms with Gasteiger partial charge < -0.3 is 4.74 Å². The molecule has 3 nitrogen and oxygen atoms in total. The molecule has 0 saturated carbocycles. The maximum Gasteiger partial charge on any atom is 0.573 e. The van der Waals surface area contributed by atoms with Gasteiger partial charge in [0, 0.05) is 23.5 Å². The van der Waals surface area contributed by atoms with Crippen LogP contribution in [0.25, 0.3) is 0 Å². The highest BCUT2D eigenvalue weighted by molar-refractivity contribution is 6.09. The molecule has 1 aromatic carbocycles. The van der Waals surface area contributed by atoms with Gasteiger partial charge in [-0.25, -0.2) is 0 Å². The van der Waals surface area contributed by atoms with E-state index >= 15 is 0 Å². The van der Waals surface area contributed by atoms with Crippen LogP contribution < -0.4 is 4.74 Å². The summed E-state index contributed by atoms with van der Waals surface area (Å²) in [6, 6.07) is 6.95. The number of aryl methyl sites for hydroxylation is 1. The van der Waals surface area contributed by atoms with Crippen molar-refractivity contribution in [3.05, 3.63) is 59.4 Å². The van der Waals surface area contributed by atoms with Crippen LogP contribution in [0.1, 0.15) is 21.5 Å². The van der Waals surface area contributed by atoms with Crippen molar-refractivity contribution in [1.29, 1.82) is 0 Å². The van der Waals surface area contributed by atoms with Gasteiger partial charge in [0.05, 0.1) is 0 Å². The van der Waals surface area contributed by atoms with E-state index in [0.717, 1.165) is 6.07 Å². The standard InChI is InChI=1S/C14H10F3NO2/c1-9-2-3-11(8-12(9)20-14(15,16)17)13(19)10-4-6-18-7-5-10/h2-8H,1H3. The lowest BCUT2D eigenvalue weighted by molar-refractivity contribution is -0.274. The van der Waals surface area contributed by atoms with Crippen LogP contribution in [0.2, 0.25) is 0 Å². The number of rotatable bonds is 3. The Morgan fingerprint density at radius 2 is 1.75 bits per heavy atom. The third-order valence-electron chi connectivity index (χ3n) is 2.62. The molecular weight excluding hydrogens is 271 g/mol. The SMILES string of the molecule is Cc1ccc(C(=O)c2ccncc2)cc1OC(F)(F)F. The minimum Gasteiger partial charge on any atom is -0.405 e. The first-order chi connectivity index (χ1) is 9.37. The number of alkyl halides is 3. The Hall–Kier alpha value is -2.37. The van der Waals surface area contributed by atoms with Crippen LogP contribution in [-0.2, 0) is 0 Å². The van der Waals surface area contributed by atoms with Crippen molar-refractivity contribution in [2.24, 2.45) is 0 Å². The fourth-order valence-corrected chi connectivity index (χ4v) is 1.65. The highest BCUT2D eigenvalue weighted by atomic mass is 19.4. The Balaban J connectivity index is 2.34. The zero-order chi connectivity index (χ0) is 14.8. The molecule has 0 saturated heterocycles. The minimum absolute atomic E-state index is 0.126. The molecule has 0 unspecified atom stereocenters. The predicted molar refractivity (Wildman–Crippen MR) is 65.5 cm³/mol. The molecule has 0 spiro atoms. The third-order valence-corrected chi connectivity index (χ3v) is 2.62. The second-order valence-corrected chi connectivity index (χ2v) is 4.09. The van der Waals surface area contributed by atoms with Gasteiger partial charge in [0.15, 0.2) is 5.78 Å². The maximum absolute atomic E-state index is 12.3. The van der Waals surface area contributed by atoms with Crippen LogP contribution in [0.4, 0.5) is 13.2 Å². The fourth-order valence-electron chi connectivity index (χ4n) is 1.65. The number of carbonyl (C=O) groups is 1. The molecule has 0 bridgehead atoms. The van der Waals surface area contributed by atoms with E-state index in [1.54, 1.807) is 0 Å². The van der Waals surface area contributed by atoms with Crippen molar-refractivity contribution in [1.82, 2.24) is 4.98 Å². The molecule has 0 fully saturated rings. The first kappa shape index (κ1) is 14.0. The highest BCUT2D eigenvalue weighted by Gasteiger charge is 2.32. The number of carbonyl (C=O) groups excluding carboxylic acids is 1. The number of halogens is 3. The molecule has 0 atom stereocenters. The number of pyridine rings is 1. The zero-order valence-electron chi connectivity index (χ0n) is 10.4. The van der Waals surface area contributed by atoms with Crippen LogP contribution in [0.3, 0.4) is 0 Å². The average molecular weight is 281 g/mol. The molecule has 104 valence electrons. The number of nitrogens with zero attached hydrogens (tertiary/aromatic N) is 1. The Labute approximate surface area is 113 Å². The van der Waals surface area contributed by atoms with Crippen molar-refractivity contribution in [3.8, 4) is 5.75 Å². The van der Waals surface area contributed by atoms with E-state index in [1.807, 2.05) is 0 Å². The lowest BCUT2D eigenvalue weighted by Crippen LogP contribution is -2.18. The van der Waals surface area contributed by atoms with Crippen molar-refractivity contribution in [2.45, 2.75) is 13.3 Å². The molecule has 2 rings (SSSR count).